The predicted molar refractivity (Wildman–Crippen MR) is 140 cm³/mol. The normalized spacial score (nSPS) is 13.3. The maximum atomic E-state index is 13.0. The Morgan fingerprint density at radius 1 is 0.974 bits per heavy atom. The fraction of sp³-hybridized carbons (Fsp3) is 0.179. The average Bonchev–Trinajstić information content (AvgIpc) is 3.56. The van der Waals surface area contributed by atoms with Crippen LogP contribution in [0.2, 0.25) is 0 Å². The van der Waals surface area contributed by atoms with Crippen molar-refractivity contribution in [2.75, 3.05) is 5.32 Å². The Kier molecular flexibility index (Phi) is 7.15. The molecule has 0 atom stereocenters. The predicted octanol–water partition coefficient (Wildman–Crippen LogP) is 6.92. The van der Waals surface area contributed by atoms with E-state index in [9.17, 15) is 22.8 Å². The molecule has 5 rings (SSSR count). The SMILES string of the molecule is O=C(NN=Cc1ccc(-c2cccc(C(F)(F)F)c2)o1)c1ccc(NC(=O)c2csc3c2CCCC3)cc1. The van der Waals surface area contributed by atoms with E-state index >= 15 is 0 Å². The minimum atomic E-state index is -4.45. The number of halogens is 3. The summed E-state index contributed by atoms with van der Waals surface area (Å²) < 4.78 is 44.4. The number of furan rings is 1. The summed E-state index contributed by atoms with van der Waals surface area (Å²) in [5.74, 6) is -0.138. The summed E-state index contributed by atoms with van der Waals surface area (Å²) >= 11 is 1.63. The Hall–Kier alpha value is -4.18. The number of nitrogens with zero attached hydrogens (tertiary/aromatic N) is 1. The molecule has 0 fully saturated rings. The van der Waals surface area contributed by atoms with Crippen LogP contribution in [-0.4, -0.2) is 18.0 Å². The Balaban J connectivity index is 1.17. The smallest absolute Gasteiger partial charge is 0.416 e. The first-order valence-corrected chi connectivity index (χ1v) is 12.8. The van der Waals surface area contributed by atoms with Gasteiger partial charge in [-0.05, 0) is 79.8 Å². The first kappa shape index (κ1) is 25.5. The van der Waals surface area contributed by atoms with Crippen molar-refractivity contribution in [3.8, 4) is 11.3 Å². The van der Waals surface area contributed by atoms with E-state index in [0.29, 0.717) is 11.3 Å². The third-order valence-corrected chi connectivity index (χ3v) is 7.26. The van der Waals surface area contributed by atoms with E-state index in [1.54, 1.807) is 35.6 Å². The molecule has 4 aromatic rings. The average molecular weight is 538 g/mol. The van der Waals surface area contributed by atoms with Gasteiger partial charge < -0.3 is 9.73 Å². The van der Waals surface area contributed by atoms with Gasteiger partial charge in [0.1, 0.15) is 11.5 Å². The van der Waals surface area contributed by atoms with Gasteiger partial charge in [0.05, 0.1) is 17.3 Å². The van der Waals surface area contributed by atoms with Crippen molar-refractivity contribution in [3.05, 3.63) is 98.9 Å². The molecular weight excluding hydrogens is 515 g/mol. The van der Waals surface area contributed by atoms with Gasteiger partial charge in [0.25, 0.3) is 11.8 Å². The largest absolute Gasteiger partial charge is 0.455 e. The summed E-state index contributed by atoms with van der Waals surface area (Å²) in [6, 6.07) is 14.3. The first-order valence-electron chi connectivity index (χ1n) is 11.9. The highest BCUT2D eigenvalue weighted by atomic mass is 32.1. The monoisotopic (exact) mass is 537 g/mol. The van der Waals surface area contributed by atoms with Crippen molar-refractivity contribution in [2.45, 2.75) is 31.9 Å². The Labute approximate surface area is 220 Å². The lowest BCUT2D eigenvalue weighted by Gasteiger charge is -2.12. The van der Waals surface area contributed by atoms with E-state index in [1.807, 2.05) is 5.38 Å². The second-order valence-corrected chi connectivity index (χ2v) is 9.73. The molecule has 0 bridgehead atoms. The van der Waals surface area contributed by atoms with Gasteiger partial charge in [-0.25, -0.2) is 5.43 Å². The number of alkyl halides is 3. The molecule has 1 aliphatic rings. The second kappa shape index (κ2) is 10.7. The molecule has 0 spiro atoms. The van der Waals surface area contributed by atoms with E-state index in [4.69, 9.17) is 4.42 Å². The number of benzene rings is 2. The number of carbonyl (C=O) groups excluding carboxylic acids is 2. The molecule has 2 aromatic carbocycles. The van der Waals surface area contributed by atoms with Crippen LogP contribution < -0.4 is 10.7 Å². The topological polar surface area (TPSA) is 83.7 Å². The molecule has 0 saturated carbocycles. The molecule has 6 nitrogen and oxygen atoms in total. The van der Waals surface area contributed by atoms with Gasteiger partial charge in [0.2, 0.25) is 0 Å². The molecular formula is C28H22F3N3O3S. The van der Waals surface area contributed by atoms with Crippen LogP contribution in [0.5, 0.6) is 0 Å². The summed E-state index contributed by atoms with van der Waals surface area (Å²) in [7, 11) is 0. The zero-order valence-corrected chi connectivity index (χ0v) is 20.8. The van der Waals surface area contributed by atoms with E-state index < -0.39 is 17.6 Å². The fourth-order valence-corrected chi connectivity index (χ4v) is 5.36. The number of amides is 2. The van der Waals surface area contributed by atoms with Crippen LogP contribution in [0, 0.1) is 0 Å². The molecule has 2 amide bonds. The van der Waals surface area contributed by atoms with Crippen molar-refractivity contribution in [2.24, 2.45) is 5.10 Å². The third kappa shape index (κ3) is 5.70. The van der Waals surface area contributed by atoms with Gasteiger partial charge in [-0.3, -0.25) is 9.59 Å². The van der Waals surface area contributed by atoms with Crippen molar-refractivity contribution in [1.82, 2.24) is 5.43 Å². The van der Waals surface area contributed by atoms with E-state index in [-0.39, 0.29) is 23.0 Å². The van der Waals surface area contributed by atoms with Crippen LogP contribution in [0.1, 0.15) is 55.3 Å². The van der Waals surface area contributed by atoms with Gasteiger partial charge >= 0.3 is 6.18 Å². The molecule has 38 heavy (non-hydrogen) atoms. The van der Waals surface area contributed by atoms with Crippen molar-refractivity contribution in [1.29, 1.82) is 0 Å². The summed E-state index contributed by atoms with van der Waals surface area (Å²) in [5, 5.41) is 8.65. The molecule has 2 aromatic heterocycles. The summed E-state index contributed by atoms with van der Waals surface area (Å²) in [5.41, 5.74) is 4.64. The number of nitrogens with one attached hydrogen (secondary N) is 2. The van der Waals surface area contributed by atoms with Gasteiger partial charge in [0, 0.05) is 27.1 Å². The maximum absolute atomic E-state index is 13.0. The lowest BCUT2D eigenvalue weighted by molar-refractivity contribution is -0.137. The van der Waals surface area contributed by atoms with Gasteiger partial charge in [-0.15, -0.1) is 11.3 Å². The molecule has 2 heterocycles. The number of hydrogen-bond acceptors (Lipinski definition) is 5. The summed E-state index contributed by atoms with van der Waals surface area (Å²) in [6.07, 6.45) is 0.996. The lowest BCUT2D eigenvalue weighted by atomic mass is 9.95. The number of fused-ring (bicyclic) bond motifs is 1. The quantitative estimate of drug-likeness (QED) is 0.207. The maximum Gasteiger partial charge on any atom is 0.416 e. The number of hydrogen-bond donors (Lipinski definition) is 2. The molecule has 1 aliphatic carbocycles. The van der Waals surface area contributed by atoms with Crippen LogP contribution in [0.15, 0.2) is 75.6 Å². The van der Waals surface area contributed by atoms with E-state index in [1.165, 1.54) is 35.4 Å². The molecule has 0 radical (unpaired) electrons. The highest BCUT2D eigenvalue weighted by Gasteiger charge is 2.30. The molecule has 2 N–H and O–H groups in total. The minimum absolute atomic E-state index is 0.158. The van der Waals surface area contributed by atoms with Crippen LogP contribution in [-0.2, 0) is 19.0 Å². The third-order valence-electron chi connectivity index (χ3n) is 6.17. The van der Waals surface area contributed by atoms with Crippen molar-refractivity contribution in [3.63, 3.8) is 0 Å². The molecule has 0 aliphatic heterocycles. The summed E-state index contributed by atoms with van der Waals surface area (Å²) in [6.45, 7) is 0. The van der Waals surface area contributed by atoms with Crippen molar-refractivity contribution >= 4 is 35.1 Å². The van der Waals surface area contributed by atoms with Gasteiger partial charge in [0.15, 0.2) is 0 Å². The standard InChI is InChI=1S/C28H22F3N3O3S/c29-28(30,31)19-5-3-4-18(14-19)24-13-12-21(37-24)15-32-34-26(35)17-8-10-20(11-9-17)33-27(36)23-16-38-25-7-2-1-6-22(23)25/h3-5,8-16H,1-2,6-7H2,(H,33,36)(H,34,35). The van der Waals surface area contributed by atoms with Gasteiger partial charge in [-0.2, -0.15) is 18.3 Å². The Morgan fingerprint density at radius 3 is 2.55 bits per heavy atom. The molecule has 0 saturated heterocycles. The lowest BCUT2D eigenvalue weighted by Crippen LogP contribution is -2.18. The van der Waals surface area contributed by atoms with Gasteiger partial charge in [-0.1, -0.05) is 12.1 Å². The van der Waals surface area contributed by atoms with Crippen molar-refractivity contribution < 1.29 is 27.2 Å². The Bertz CT molecular complexity index is 1500. The van der Waals surface area contributed by atoms with E-state index in [0.717, 1.165) is 48.9 Å². The number of thiophene rings is 1. The number of carbonyl (C=O) groups is 2. The summed E-state index contributed by atoms with van der Waals surface area (Å²) in [4.78, 5) is 26.4. The van der Waals surface area contributed by atoms with Crippen LogP contribution in [0.25, 0.3) is 11.3 Å². The highest BCUT2D eigenvalue weighted by Crippen LogP contribution is 2.33. The number of hydrazone groups is 1. The fourth-order valence-electron chi connectivity index (χ4n) is 4.23. The number of aryl methyl sites for hydroxylation is 1. The zero-order valence-electron chi connectivity index (χ0n) is 20.0. The van der Waals surface area contributed by atoms with Crippen LogP contribution >= 0.6 is 11.3 Å². The molecule has 10 heteroatoms. The first-order chi connectivity index (χ1) is 18.3. The van der Waals surface area contributed by atoms with Crippen LogP contribution in [0.3, 0.4) is 0 Å². The van der Waals surface area contributed by atoms with E-state index in [2.05, 4.69) is 15.8 Å². The minimum Gasteiger partial charge on any atom is -0.455 e. The zero-order chi connectivity index (χ0) is 26.7. The second-order valence-electron chi connectivity index (χ2n) is 8.77. The number of anilines is 1. The van der Waals surface area contributed by atoms with Crippen LogP contribution in [0.4, 0.5) is 18.9 Å². The highest BCUT2D eigenvalue weighted by molar-refractivity contribution is 7.10. The molecule has 194 valence electrons. The number of rotatable bonds is 6. The molecule has 0 unspecified atom stereocenters. The Morgan fingerprint density at radius 2 is 1.76 bits per heavy atom.